The third kappa shape index (κ3) is 1.92. The van der Waals surface area contributed by atoms with E-state index >= 15 is 0 Å². The van der Waals surface area contributed by atoms with Crippen molar-refractivity contribution >= 4 is 5.91 Å². The second-order valence-corrected chi connectivity index (χ2v) is 4.14. The zero-order valence-electron chi connectivity index (χ0n) is 8.29. The number of hydrogen-bond donors (Lipinski definition) is 1. The van der Waals surface area contributed by atoms with Gasteiger partial charge in [-0.2, -0.15) is 0 Å². The van der Waals surface area contributed by atoms with Gasteiger partial charge in [0.25, 0.3) is 0 Å². The van der Waals surface area contributed by atoms with Crippen molar-refractivity contribution in [1.82, 2.24) is 10.3 Å². The van der Waals surface area contributed by atoms with Gasteiger partial charge in [-0.3, -0.25) is 9.78 Å². The van der Waals surface area contributed by atoms with Gasteiger partial charge in [0.2, 0.25) is 5.91 Å². The van der Waals surface area contributed by atoms with Crippen LogP contribution in [0.5, 0.6) is 0 Å². The molecule has 1 saturated heterocycles. The molecule has 0 radical (unpaired) electrons. The van der Waals surface area contributed by atoms with Crippen molar-refractivity contribution in [2.75, 3.05) is 0 Å². The maximum atomic E-state index is 11.1. The summed E-state index contributed by atoms with van der Waals surface area (Å²) in [5.41, 5.74) is 1.17. The molecule has 0 spiro atoms. The summed E-state index contributed by atoms with van der Waals surface area (Å²) in [5.74, 6) is 0.168. The Morgan fingerprint density at radius 2 is 2.21 bits per heavy atom. The monoisotopic (exact) mass is 190 g/mol. The molecule has 1 fully saturated rings. The Hall–Kier alpha value is -1.38. The van der Waals surface area contributed by atoms with E-state index < -0.39 is 0 Å². The highest BCUT2D eigenvalue weighted by Crippen LogP contribution is 2.23. The number of carbonyl (C=O) groups excluding carboxylic acids is 1. The van der Waals surface area contributed by atoms with Gasteiger partial charge in [0.05, 0.1) is 0 Å². The molecule has 1 N–H and O–H groups in total. The standard InChI is InChI=1S/C11H14N2O/c1-11(5-2-10(14)13-11)8-9-3-6-12-7-4-9/h3-4,6-7H,2,5,8H2,1H3,(H,13,14). The first-order valence-corrected chi connectivity index (χ1v) is 4.88. The van der Waals surface area contributed by atoms with Gasteiger partial charge in [-0.1, -0.05) is 0 Å². The van der Waals surface area contributed by atoms with Crippen LogP contribution in [0.1, 0.15) is 25.3 Å². The van der Waals surface area contributed by atoms with E-state index in [1.165, 1.54) is 5.56 Å². The highest BCUT2D eigenvalue weighted by molar-refractivity contribution is 5.79. The molecule has 0 bridgehead atoms. The number of pyridine rings is 1. The van der Waals surface area contributed by atoms with Crippen molar-refractivity contribution in [3.05, 3.63) is 30.1 Å². The topological polar surface area (TPSA) is 42.0 Å². The van der Waals surface area contributed by atoms with E-state index in [1.54, 1.807) is 12.4 Å². The lowest BCUT2D eigenvalue weighted by Gasteiger charge is -2.23. The molecule has 1 aliphatic heterocycles. The van der Waals surface area contributed by atoms with E-state index in [0.29, 0.717) is 6.42 Å². The minimum atomic E-state index is -0.0571. The van der Waals surface area contributed by atoms with Crippen LogP contribution >= 0.6 is 0 Å². The predicted molar refractivity (Wildman–Crippen MR) is 53.7 cm³/mol. The Balaban J connectivity index is 2.08. The number of carbonyl (C=O) groups is 1. The van der Waals surface area contributed by atoms with Crippen molar-refractivity contribution in [3.63, 3.8) is 0 Å². The lowest BCUT2D eigenvalue weighted by molar-refractivity contribution is -0.119. The first-order chi connectivity index (χ1) is 6.68. The molecular weight excluding hydrogens is 176 g/mol. The summed E-state index contributed by atoms with van der Waals surface area (Å²) in [6, 6.07) is 3.99. The smallest absolute Gasteiger partial charge is 0.220 e. The summed E-state index contributed by atoms with van der Waals surface area (Å²) in [7, 11) is 0. The maximum absolute atomic E-state index is 11.1. The van der Waals surface area contributed by atoms with E-state index in [2.05, 4.69) is 17.2 Å². The van der Waals surface area contributed by atoms with Crippen LogP contribution in [0.15, 0.2) is 24.5 Å². The number of nitrogens with one attached hydrogen (secondary N) is 1. The first-order valence-electron chi connectivity index (χ1n) is 4.88. The van der Waals surface area contributed by atoms with Crippen LogP contribution in [0.3, 0.4) is 0 Å². The van der Waals surface area contributed by atoms with Crippen LogP contribution < -0.4 is 5.32 Å². The molecule has 1 atom stereocenters. The van der Waals surface area contributed by atoms with Crippen molar-refractivity contribution in [1.29, 1.82) is 0 Å². The molecule has 1 unspecified atom stereocenters. The van der Waals surface area contributed by atoms with Gasteiger partial charge in [-0.25, -0.2) is 0 Å². The van der Waals surface area contributed by atoms with E-state index in [-0.39, 0.29) is 11.4 Å². The number of aromatic nitrogens is 1. The fraction of sp³-hybridized carbons (Fsp3) is 0.455. The van der Waals surface area contributed by atoms with Crippen molar-refractivity contribution in [2.45, 2.75) is 31.7 Å². The van der Waals surface area contributed by atoms with Gasteiger partial charge in [0.1, 0.15) is 0 Å². The molecule has 1 aliphatic rings. The van der Waals surface area contributed by atoms with Gasteiger partial charge in [0.15, 0.2) is 0 Å². The van der Waals surface area contributed by atoms with Gasteiger partial charge < -0.3 is 5.32 Å². The molecule has 1 amide bonds. The van der Waals surface area contributed by atoms with Crippen LogP contribution in [0.4, 0.5) is 0 Å². The number of nitrogens with zero attached hydrogens (tertiary/aromatic N) is 1. The molecule has 3 nitrogen and oxygen atoms in total. The van der Waals surface area contributed by atoms with Gasteiger partial charge in [0, 0.05) is 24.4 Å². The summed E-state index contributed by atoms with van der Waals surface area (Å²) >= 11 is 0. The summed E-state index contributed by atoms with van der Waals surface area (Å²) in [6.45, 7) is 2.10. The van der Waals surface area contributed by atoms with E-state index in [0.717, 1.165) is 12.8 Å². The molecule has 2 rings (SSSR count). The van der Waals surface area contributed by atoms with Crippen LogP contribution in [-0.2, 0) is 11.2 Å². The Labute approximate surface area is 83.5 Å². The predicted octanol–water partition coefficient (Wildman–Crippen LogP) is 1.29. The minimum Gasteiger partial charge on any atom is -0.351 e. The fourth-order valence-corrected chi connectivity index (χ4v) is 1.93. The van der Waals surface area contributed by atoms with Gasteiger partial charge >= 0.3 is 0 Å². The largest absolute Gasteiger partial charge is 0.351 e. The first kappa shape index (κ1) is 9.19. The summed E-state index contributed by atoms with van der Waals surface area (Å²) in [5, 5.41) is 3.02. The zero-order valence-corrected chi connectivity index (χ0v) is 8.29. The highest BCUT2D eigenvalue weighted by Gasteiger charge is 2.32. The summed E-state index contributed by atoms with van der Waals surface area (Å²) < 4.78 is 0. The Morgan fingerprint density at radius 1 is 1.50 bits per heavy atom. The summed E-state index contributed by atoms with van der Waals surface area (Å²) in [4.78, 5) is 15.1. The van der Waals surface area contributed by atoms with Crippen LogP contribution in [0.2, 0.25) is 0 Å². The molecule has 0 aromatic carbocycles. The minimum absolute atomic E-state index is 0.0571. The molecule has 3 heteroatoms. The third-order valence-corrected chi connectivity index (χ3v) is 2.69. The molecule has 14 heavy (non-hydrogen) atoms. The number of rotatable bonds is 2. The van der Waals surface area contributed by atoms with Crippen LogP contribution in [-0.4, -0.2) is 16.4 Å². The average molecular weight is 190 g/mol. The van der Waals surface area contributed by atoms with Crippen LogP contribution in [0.25, 0.3) is 0 Å². The third-order valence-electron chi connectivity index (χ3n) is 2.69. The zero-order chi connectivity index (χ0) is 10.0. The normalized spacial score (nSPS) is 26.2. The number of hydrogen-bond acceptors (Lipinski definition) is 2. The second-order valence-electron chi connectivity index (χ2n) is 4.14. The molecule has 1 aromatic rings. The molecule has 1 aromatic heterocycles. The fourth-order valence-electron chi connectivity index (χ4n) is 1.93. The molecular formula is C11H14N2O. The quantitative estimate of drug-likeness (QED) is 0.763. The maximum Gasteiger partial charge on any atom is 0.220 e. The van der Waals surface area contributed by atoms with E-state index in [1.807, 2.05) is 12.1 Å². The SMILES string of the molecule is CC1(Cc2ccncc2)CCC(=O)N1. The van der Waals surface area contributed by atoms with Crippen LogP contribution in [0, 0.1) is 0 Å². The Kier molecular flexibility index (Phi) is 2.23. The van der Waals surface area contributed by atoms with E-state index in [4.69, 9.17) is 0 Å². The molecule has 0 saturated carbocycles. The van der Waals surface area contributed by atoms with Crippen molar-refractivity contribution in [3.8, 4) is 0 Å². The van der Waals surface area contributed by atoms with Crippen molar-refractivity contribution < 1.29 is 4.79 Å². The second kappa shape index (κ2) is 3.40. The molecule has 2 heterocycles. The summed E-state index contributed by atoms with van der Waals surface area (Å²) in [6.07, 6.45) is 6.04. The lowest BCUT2D eigenvalue weighted by Crippen LogP contribution is -2.40. The Bertz CT molecular complexity index is 336. The lowest BCUT2D eigenvalue weighted by atomic mass is 9.92. The van der Waals surface area contributed by atoms with Crippen molar-refractivity contribution in [2.24, 2.45) is 0 Å². The molecule has 74 valence electrons. The van der Waals surface area contributed by atoms with Gasteiger partial charge in [-0.05, 0) is 37.5 Å². The Morgan fingerprint density at radius 3 is 2.79 bits per heavy atom. The average Bonchev–Trinajstić information content (AvgIpc) is 2.47. The van der Waals surface area contributed by atoms with Gasteiger partial charge in [-0.15, -0.1) is 0 Å². The van der Waals surface area contributed by atoms with E-state index in [9.17, 15) is 4.79 Å². The number of amides is 1. The highest BCUT2D eigenvalue weighted by atomic mass is 16.2. The molecule has 0 aliphatic carbocycles.